The van der Waals surface area contributed by atoms with Crippen LogP contribution in [0.5, 0.6) is 23.0 Å². The average molecular weight is 450 g/mol. The molecule has 5 aromatic rings. The van der Waals surface area contributed by atoms with Gasteiger partial charge in [0.25, 0.3) is 0 Å². The molecule has 0 saturated carbocycles. The second-order valence-electron chi connectivity index (χ2n) is 6.77. The van der Waals surface area contributed by atoms with E-state index in [4.69, 9.17) is 14.2 Å². The maximum Gasteiger partial charge on any atom is 0.184 e. The van der Waals surface area contributed by atoms with E-state index in [-0.39, 0.29) is 0 Å². The van der Waals surface area contributed by atoms with Crippen LogP contribution in [-0.2, 0) is 6.54 Å². The Morgan fingerprint density at radius 1 is 0.935 bits per heavy atom. The number of rotatable bonds is 7. The Bertz CT molecular complexity index is 1350. The SMILES string of the molecule is COc1cc2nccc(Oc3ccc4nc(NCc5ccsc5)sc4c3)c2cc1OC. The first-order valence-corrected chi connectivity index (χ1v) is 11.3. The van der Waals surface area contributed by atoms with Gasteiger partial charge >= 0.3 is 0 Å². The number of ether oxygens (including phenoxy) is 3. The molecule has 0 aliphatic carbocycles. The number of anilines is 1. The summed E-state index contributed by atoms with van der Waals surface area (Å²) in [6.45, 7) is 0.765. The lowest BCUT2D eigenvalue weighted by Gasteiger charge is -2.12. The highest BCUT2D eigenvalue weighted by Crippen LogP contribution is 2.38. The molecule has 31 heavy (non-hydrogen) atoms. The topological polar surface area (TPSA) is 65.5 Å². The Labute approximate surface area is 187 Å². The zero-order valence-electron chi connectivity index (χ0n) is 16.9. The second kappa shape index (κ2) is 8.41. The number of hydrogen-bond donors (Lipinski definition) is 1. The van der Waals surface area contributed by atoms with E-state index >= 15 is 0 Å². The lowest BCUT2D eigenvalue weighted by atomic mass is 10.2. The Hall–Kier alpha value is -3.36. The maximum atomic E-state index is 6.22. The van der Waals surface area contributed by atoms with Crippen LogP contribution in [-0.4, -0.2) is 24.2 Å². The van der Waals surface area contributed by atoms with Crippen LogP contribution in [0.25, 0.3) is 21.1 Å². The van der Waals surface area contributed by atoms with Gasteiger partial charge in [-0.2, -0.15) is 11.3 Å². The third-order valence-electron chi connectivity index (χ3n) is 4.82. The van der Waals surface area contributed by atoms with Crippen molar-refractivity contribution in [1.82, 2.24) is 9.97 Å². The highest BCUT2D eigenvalue weighted by atomic mass is 32.1. The molecule has 0 fully saturated rings. The summed E-state index contributed by atoms with van der Waals surface area (Å²) in [7, 11) is 3.22. The minimum Gasteiger partial charge on any atom is -0.493 e. The number of aromatic nitrogens is 2. The molecule has 0 atom stereocenters. The summed E-state index contributed by atoms with van der Waals surface area (Å²) in [5.41, 5.74) is 2.97. The molecule has 5 rings (SSSR count). The Kier molecular flexibility index (Phi) is 5.31. The van der Waals surface area contributed by atoms with Gasteiger partial charge in [-0.05, 0) is 46.7 Å². The van der Waals surface area contributed by atoms with E-state index in [0.717, 1.165) is 38.5 Å². The van der Waals surface area contributed by atoms with Gasteiger partial charge in [-0.3, -0.25) is 4.98 Å². The third-order valence-corrected chi connectivity index (χ3v) is 6.53. The maximum absolute atomic E-state index is 6.22. The van der Waals surface area contributed by atoms with E-state index in [1.165, 1.54) is 5.56 Å². The first-order chi connectivity index (χ1) is 15.2. The molecule has 0 aliphatic heterocycles. The highest BCUT2D eigenvalue weighted by molar-refractivity contribution is 7.22. The van der Waals surface area contributed by atoms with Gasteiger partial charge in [0.05, 0.1) is 30.0 Å². The number of benzene rings is 2. The molecule has 6 nitrogen and oxygen atoms in total. The Morgan fingerprint density at radius 2 is 1.81 bits per heavy atom. The van der Waals surface area contributed by atoms with Crippen molar-refractivity contribution in [2.75, 3.05) is 19.5 Å². The van der Waals surface area contributed by atoms with Gasteiger partial charge in [-0.1, -0.05) is 11.3 Å². The standard InChI is InChI=1S/C23H19N3O3S2/c1-27-20-10-16-18(11-21(20)28-2)24-7-5-19(16)29-15-3-4-17-22(9-15)31-23(26-17)25-12-14-6-8-30-13-14/h3-11,13H,12H2,1-2H3,(H,25,26). The van der Waals surface area contributed by atoms with Crippen molar-refractivity contribution in [2.45, 2.75) is 6.54 Å². The van der Waals surface area contributed by atoms with E-state index < -0.39 is 0 Å². The first kappa shape index (κ1) is 19.6. The summed E-state index contributed by atoms with van der Waals surface area (Å²) in [5, 5.41) is 9.35. The van der Waals surface area contributed by atoms with E-state index in [2.05, 4.69) is 32.1 Å². The molecule has 0 amide bonds. The number of fused-ring (bicyclic) bond motifs is 2. The van der Waals surface area contributed by atoms with Gasteiger partial charge in [-0.15, -0.1) is 0 Å². The summed E-state index contributed by atoms with van der Waals surface area (Å²) in [5.74, 6) is 2.70. The number of thiophene rings is 1. The monoisotopic (exact) mass is 449 g/mol. The molecular weight excluding hydrogens is 430 g/mol. The smallest absolute Gasteiger partial charge is 0.184 e. The van der Waals surface area contributed by atoms with Crippen LogP contribution in [0.15, 0.2) is 59.4 Å². The van der Waals surface area contributed by atoms with Gasteiger partial charge in [-0.25, -0.2) is 4.98 Å². The fraction of sp³-hybridized carbons (Fsp3) is 0.130. The van der Waals surface area contributed by atoms with Crippen molar-refractivity contribution in [3.8, 4) is 23.0 Å². The fourth-order valence-corrected chi connectivity index (χ4v) is 4.84. The lowest BCUT2D eigenvalue weighted by Crippen LogP contribution is -1.96. The predicted molar refractivity (Wildman–Crippen MR) is 126 cm³/mol. The first-order valence-electron chi connectivity index (χ1n) is 9.57. The number of nitrogens with zero attached hydrogens (tertiary/aromatic N) is 2. The quantitative estimate of drug-likeness (QED) is 0.313. The molecule has 0 radical (unpaired) electrons. The summed E-state index contributed by atoms with van der Waals surface area (Å²) < 4.78 is 18.1. The van der Waals surface area contributed by atoms with Gasteiger partial charge in [0, 0.05) is 30.3 Å². The largest absolute Gasteiger partial charge is 0.493 e. The normalized spacial score (nSPS) is 11.0. The van der Waals surface area contributed by atoms with Crippen molar-refractivity contribution in [2.24, 2.45) is 0 Å². The number of hydrogen-bond acceptors (Lipinski definition) is 8. The molecule has 0 saturated heterocycles. The van der Waals surface area contributed by atoms with Gasteiger partial charge in [0.15, 0.2) is 16.6 Å². The van der Waals surface area contributed by atoms with Crippen molar-refractivity contribution >= 4 is 48.9 Å². The minimum atomic E-state index is 0.632. The average Bonchev–Trinajstić information content (AvgIpc) is 3.46. The van der Waals surface area contributed by atoms with Gasteiger partial charge in [0.1, 0.15) is 11.5 Å². The molecule has 8 heteroatoms. The molecule has 0 spiro atoms. The van der Waals surface area contributed by atoms with E-state index in [1.807, 2.05) is 36.4 Å². The van der Waals surface area contributed by atoms with Gasteiger partial charge in [0.2, 0.25) is 0 Å². The van der Waals surface area contributed by atoms with Crippen LogP contribution >= 0.6 is 22.7 Å². The lowest BCUT2D eigenvalue weighted by molar-refractivity contribution is 0.355. The van der Waals surface area contributed by atoms with Crippen LogP contribution in [0, 0.1) is 0 Å². The summed E-state index contributed by atoms with van der Waals surface area (Å²) in [6, 6.07) is 13.6. The Balaban J connectivity index is 1.42. The van der Waals surface area contributed by atoms with Gasteiger partial charge < -0.3 is 19.5 Å². The summed E-state index contributed by atoms with van der Waals surface area (Å²) >= 11 is 3.31. The van der Waals surface area contributed by atoms with Crippen molar-refractivity contribution in [1.29, 1.82) is 0 Å². The number of pyridine rings is 1. The van der Waals surface area contributed by atoms with Crippen molar-refractivity contribution in [3.05, 3.63) is 65.0 Å². The molecular formula is C23H19N3O3S2. The molecule has 0 aliphatic rings. The summed E-state index contributed by atoms with van der Waals surface area (Å²) in [4.78, 5) is 9.10. The molecule has 2 aromatic carbocycles. The zero-order valence-corrected chi connectivity index (χ0v) is 18.5. The third kappa shape index (κ3) is 3.99. The number of nitrogens with one attached hydrogen (secondary N) is 1. The number of methoxy groups -OCH3 is 2. The zero-order chi connectivity index (χ0) is 21.2. The van der Waals surface area contributed by atoms with Crippen LogP contribution < -0.4 is 19.5 Å². The molecule has 156 valence electrons. The number of thiazole rings is 1. The van der Waals surface area contributed by atoms with E-state index in [1.54, 1.807) is 43.1 Å². The fourth-order valence-electron chi connectivity index (χ4n) is 3.28. The molecule has 3 aromatic heterocycles. The van der Waals surface area contributed by atoms with E-state index in [9.17, 15) is 0 Å². The Morgan fingerprint density at radius 3 is 2.61 bits per heavy atom. The van der Waals surface area contributed by atoms with Crippen molar-refractivity contribution < 1.29 is 14.2 Å². The summed E-state index contributed by atoms with van der Waals surface area (Å²) in [6.07, 6.45) is 1.72. The highest BCUT2D eigenvalue weighted by Gasteiger charge is 2.12. The van der Waals surface area contributed by atoms with Crippen LogP contribution in [0.3, 0.4) is 0 Å². The predicted octanol–water partition coefficient (Wildman–Crippen LogP) is 6.33. The van der Waals surface area contributed by atoms with E-state index in [0.29, 0.717) is 17.2 Å². The second-order valence-corrected chi connectivity index (χ2v) is 8.58. The molecule has 0 unspecified atom stereocenters. The van der Waals surface area contributed by atoms with Crippen molar-refractivity contribution in [3.63, 3.8) is 0 Å². The van der Waals surface area contributed by atoms with Crippen LogP contribution in [0.4, 0.5) is 5.13 Å². The molecule has 1 N–H and O–H groups in total. The van der Waals surface area contributed by atoms with Crippen LogP contribution in [0.1, 0.15) is 5.56 Å². The minimum absolute atomic E-state index is 0.632. The van der Waals surface area contributed by atoms with Crippen LogP contribution in [0.2, 0.25) is 0 Å². The molecule has 3 heterocycles. The molecule has 0 bridgehead atoms.